The van der Waals surface area contributed by atoms with E-state index in [1.807, 2.05) is 19.1 Å². The number of hydrogen-bond donors (Lipinski definition) is 1. The monoisotopic (exact) mass is 620 g/mol. The zero-order valence-electron chi connectivity index (χ0n) is 25.8. The highest BCUT2D eigenvalue weighted by atomic mass is 35.5. The summed E-state index contributed by atoms with van der Waals surface area (Å²) in [5.74, 6) is 1.39. The molecule has 5 aliphatic heterocycles. The molecule has 6 bridgehead atoms. The van der Waals surface area contributed by atoms with Crippen molar-refractivity contribution in [1.82, 2.24) is 25.2 Å². The van der Waals surface area contributed by atoms with Crippen LogP contribution in [0.25, 0.3) is 22.2 Å². The molecule has 3 fully saturated rings. The third-order valence-electron chi connectivity index (χ3n) is 10.5. The second kappa shape index (κ2) is 12.2. The molecule has 0 amide bonds. The van der Waals surface area contributed by atoms with E-state index >= 15 is 4.39 Å². The number of alkyl halides is 1. The number of nitrogens with zero attached hydrogens (tertiary/aromatic N) is 5. The maximum Gasteiger partial charge on any atom is 0.175 e. The Morgan fingerprint density at radius 1 is 1.11 bits per heavy atom. The molecule has 0 saturated carbocycles. The van der Waals surface area contributed by atoms with E-state index in [0.29, 0.717) is 47.1 Å². The first-order chi connectivity index (χ1) is 21.3. The number of allylic oxidation sites excluding steroid dienone is 1. The number of anilines is 1. The molecule has 2 unspecified atom stereocenters. The van der Waals surface area contributed by atoms with Crippen molar-refractivity contribution in [3.8, 4) is 11.3 Å². The van der Waals surface area contributed by atoms with E-state index in [4.69, 9.17) is 26.6 Å². The number of aromatic nitrogens is 3. The molecule has 3 aromatic rings. The first kappa shape index (κ1) is 29.8. The number of piperidine rings is 1. The second-order valence-electron chi connectivity index (χ2n) is 13.6. The van der Waals surface area contributed by atoms with Crippen LogP contribution in [0.1, 0.15) is 74.7 Å². The third kappa shape index (κ3) is 5.68. The summed E-state index contributed by atoms with van der Waals surface area (Å²) in [5, 5.41) is 4.88. The molecule has 0 spiro atoms. The summed E-state index contributed by atoms with van der Waals surface area (Å²) in [6.07, 6.45) is 10.7. The van der Waals surface area contributed by atoms with E-state index in [-0.39, 0.29) is 11.2 Å². The number of nitrogens with one attached hydrogen (secondary N) is 1. The zero-order chi connectivity index (χ0) is 30.4. The van der Waals surface area contributed by atoms with Gasteiger partial charge in [0.1, 0.15) is 29.0 Å². The van der Waals surface area contributed by atoms with Gasteiger partial charge < -0.3 is 10.2 Å². The molecule has 6 nitrogen and oxygen atoms in total. The van der Waals surface area contributed by atoms with Gasteiger partial charge in [-0.25, -0.2) is 18.7 Å². The summed E-state index contributed by atoms with van der Waals surface area (Å²) in [4.78, 5) is 19.4. The lowest BCUT2D eigenvalue weighted by molar-refractivity contribution is 0.181. The van der Waals surface area contributed by atoms with Gasteiger partial charge in [-0.2, -0.15) is 0 Å². The fourth-order valence-electron chi connectivity index (χ4n) is 8.26. The fraction of sp³-hybridized carbons (Fsp3) is 0.571. The van der Waals surface area contributed by atoms with Crippen molar-refractivity contribution in [2.45, 2.75) is 89.3 Å². The first-order valence-electron chi connectivity index (χ1n) is 16.5. The molecule has 7 heterocycles. The van der Waals surface area contributed by atoms with Gasteiger partial charge in [0.2, 0.25) is 0 Å². The largest absolute Gasteiger partial charge is 0.388 e. The standard InChI is InChI=1S/C35H43ClF2N6/c1-22-15-27-26(29(36)16-22)9-4-3-7-23(2)39-18-24-8-5-13-43(20-24)34-28-19-40-32(27)31(38)33(28)41-30(42-34)10-12-35-11-6-14-44(35)21-25(37)17-35/h15-16,19,24-25,39H,2-14,17-18,20-21H2,1H3/t24?,25?,35-/m1/s1. The molecule has 0 aliphatic carbocycles. The number of aryl methyl sites for hydroxylation is 2. The Morgan fingerprint density at radius 3 is 2.86 bits per heavy atom. The van der Waals surface area contributed by atoms with E-state index in [1.54, 1.807) is 6.20 Å². The van der Waals surface area contributed by atoms with Crippen molar-refractivity contribution in [3.63, 3.8) is 0 Å². The molecule has 1 N–H and O–H groups in total. The Morgan fingerprint density at radius 2 is 1.98 bits per heavy atom. The van der Waals surface area contributed by atoms with Gasteiger partial charge in [-0.3, -0.25) is 9.88 Å². The minimum atomic E-state index is -0.782. The molecular weight excluding hydrogens is 578 g/mol. The average molecular weight is 621 g/mol. The zero-order valence-corrected chi connectivity index (χ0v) is 26.5. The number of halogens is 3. The summed E-state index contributed by atoms with van der Waals surface area (Å²) in [6, 6.07) is 3.94. The van der Waals surface area contributed by atoms with E-state index in [1.165, 1.54) is 0 Å². The van der Waals surface area contributed by atoms with Crippen molar-refractivity contribution in [2.24, 2.45) is 5.92 Å². The van der Waals surface area contributed by atoms with Crippen LogP contribution in [-0.4, -0.2) is 64.3 Å². The lowest BCUT2D eigenvalue weighted by Crippen LogP contribution is -2.40. The molecule has 0 radical (unpaired) electrons. The van der Waals surface area contributed by atoms with E-state index in [0.717, 1.165) is 112 Å². The van der Waals surface area contributed by atoms with Gasteiger partial charge in [-0.05, 0) is 107 Å². The summed E-state index contributed by atoms with van der Waals surface area (Å²) in [5.41, 5.74) is 4.15. The number of pyridine rings is 1. The highest BCUT2D eigenvalue weighted by Gasteiger charge is 2.48. The van der Waals surface area contributed by atoms with Gasteiger partial charge in [-0.1, -0.05) is 18.2 Å². The van der Waals surface area contributed by atoms with Crippen molar-refractivity contribution < 1.29 is 8.78 Å². The third-order valence-corrected chi connectivity index (χ3v) is 10.8. The van der Waals surface area contributed by atoms with Crippen molar-refractivity contribution >= 4 is 28.3 Å². The van der Waals surface area contributed by atoms with Crippen molar-refractivity contribution in [2.75, 3.05) is 37.6 Å². The van der Waals surface area contributed by atoms with Crippen molar-refractivity contribution in [1.29, 1.82) is 0 Å². The van der Waals surface area contributed by atoms with Crippen LogP contribution < -0.4 is 10.2 Å². The van der Waals surface area contributed by atoms with Crippen LogP contribution in [0, 0.1) is 18.7 Å². The number of hydrogen-bond acceptors (Lipinski definition) is 6. The normalized spacial score (nSPS) is 26.2. The lowest BCUT2D eigenvalue weighted by Gasteiger charge is -2.35. The predicted molar refractivity (Wildman–Crippen MR) is 173 cm³/mol. The maximum atomic E-state index is 16.8. The second-order valence-corrected chi connectivity index (χ2v) is 14.0. The van der Waals surface area contributed by atoms with Crippen LogP contribution in [0.15, 0.2) is 30.6 Å². The number of fused-ring (bicyclic) bond motifs is 8. The minimum absolute atomic E-state index is 0.135. The summed E-state index contributed by atoms with van der Waals surface area (Å²) >= 11 is 6.80. The molecule has 3 saturated heterocycles. The molecule has 8 rings (SSSR count). The molecule has 3 atom stereocenters. The highest BCUT2D eigenvalue weighted by Crippen LogP contribution is 2.43. The molecular formula is C35H43ClF2N6. The van der Waals surface area contributed by atoms with Crippen LogP contribution in [0.5, 0.6) is 0 Å². The van der Waals surface area contributed by atoms with E-state index in [9.17, 15) is 4.39 Å². The Bertz CT molecular complexity index is 1580. The fourth-order valence-corrected chi connectivity index (χ4v) is 8.63. The lowest BCUT2D eigenvalue weighted by atomic mass is 9.88. The van der Waals surface area contributed by atoms with Gasteiger partial charge in [0, 0.05) is 60.6 Å². The van der Waals surface area contributed by atoms with Gasteiger partial charge >= 0.3 is 0 Å². The number of rotatable bonds is 3. The molecule has 2 aromatic heterocycles. The van der Waals surface area contributed by atoms with Crippen LogP contribution >= 0.6 is 11.6 Å². The van der Waals surface area contributed by atoms with Crippen molar-refractivity contribution in [3.05, 3.63) is 58.4 Å². The molecule has 9 heteroatoms. The SMILES string of the molecule is C=C1CCCCc2c(Cl)cc(C)cc2-c2ncc3c(nc(CC[C@@]45CCCN4CC(F)C5)nc3c2F)N2CCCC(CN1)C2. The van der Waals surface area contributed by atoms with E-state index < -0.39 is 12.0 Å². The summed E-state index contributed by atoms with van der Waals surface area (Å²) in [7, 11) is 0. The van der Waals surface area contributed by atoms with Crippen LogP contribution in [0.2, 0.25) is 5.02 Å². The smallest absolute Gasteiger partial charge is 0.175 e. The maximum absolute atomic E-state index is 16.8. The van der Waals surface area contributed by atoms with Gasteiger partial charge in [-0.15, -0.1) is 0 Å². The van der Waals surface area contributed by atoms with Gasteiger partial charge in [0.15, 0.2) is 5.82 Å². The molecule has 5 aliphatic rings. The highest BCUT2D eigenvalue weighted by molar-refractivity contribution is 6.31. The Hall–Kier alpha value is -2.84. The van der Waals surface area contributed by atoms with Gasteiger partial charge in [0.25, 0.3) is 0 Å². The Balaban J connectivity index is 1.34. The minimum Gasteiger partial charge on any atom is -0.388 e. The molecule has 44 heavy (non-hydrogen) atoms. The first-order valence-corrected chi connectivity index (χ1v) is 16.9. The summed E-state index contributed by atoms with van der Waals surface area (Å²) in [6.45, 7) is 10.3. The van der Waals surface area contributed by atoms with E-state index in [2.05, 4.69) is 21.7 Å². The quantitative estimate of drug-likeness (QED) is 0.330. The van der Waals surface area contributed by atoms with Gasteiger partial charge in [0.05, 0.1) is 5.39 Å². The van der Waals surface area contributed by atoms with Crippen LogP contribution in [-0.2, 0) is 12.8 Å². The Kier molecular flexibility index (Phi) is 8.25. The van der Waals surface area contributed by atoms with Crippen LogP contribution in [0.3, 0.4) is 0 Å². The topological polar surface area (TPSA) is 57.2 Å². The number of benzene rings is 1. The average Bonchev–Trinajstić information content (AvgIpc) is 3.53. The molecule has 234 valence electrons. The summed E-state index contributed by atoms with van der Waals surface area (Å²) < 4.78 is 31.4. The molecule has 1 aromatic carbocycles. The predicted octanol–water partition coefficient (Wildman–Crippen LogP) is 7.35. The Labute approximate surface area is 264 Å². The van der Waals surface area contributed by atoms with Crippen LogP contribution in [0.4, 0.5) is 14.6 Å².